The van der Waals surface area contributed by atoms with Crippen molar-refractivity contribution < 1.29 is 14.4 Å². The van der Waals surface area contributed by atoms with E-state index in [2.05, 4.69) is 17.2 Å². The number of nitrogens with zero attached hydrogens (tertiary/aromatic N) is 3. The molecule has 1 aliphatic heterocycles. The number of hydrogen-bond acceptors (Lipinski definition) is 5. The monoisotopic (exact) mass is 432 g/mol. The van der Waals surface area contributed by atoms with Gasteiger partial charge in [-0.2, -0.15) is 4.99 Å². The van der Waals surface area contributed by atoms with Crippen molar-refractivity contribution in [2.24, 2.45) is 4.99 Å². The van der Waals surface area contributed by atoms with Gasteiger partial charge in [-0.25, -0.2) is 0 Å². The second-order valence-electron chi connectivity index (χ2n) is 7.08. The molecule has 1 N–H and O–H groups in total. The normalized spacial score (nSPS) is 15.7. The van der Waals surface area contributed by atoms with Crippen LogP contribution >= 0.6 is 11.8 Å². The minimum Gasteiger partial charge on any atom is -0.352 e. The average Bonchev–Trinajstić information content (AvgIpc) is 3.09. The van der Waals surface area contributed by atoms with E-state index in [-0.39, 0.29) is 24.1 Å². The average molecular weight is 433 g/mol. The quantitative estimate of drug-likeness (QED) is 0.611. The second-order valence-corrected chi connectivity index (χ2v) is 8.25. The standard InChI is InChI=1S/C22H32N4O3S/c1-5-9-13-26(8-4)21(29)16-11-10-12-17(14-16)23-19(27)15-18-20(28)24-22(30-18)25(6-2)7-3/h10-12,14,18H,5-9,13,15H2,1-4H3,(H,23,27). The van der Waals surface area contributed by atoms with Crippen LogP contribution in [0.1, 0.15) is 57.3 Å². The van der Waals surface area contributed by atoms with Crippen molar-refractivity contribution >= 4 is 40.3 Å². The van der Waals surface area contributed by atoms with E-state index < -0.39 is 5.25 Å². The zero-order chi connectivity index (χ0) is 22.1. The van der Waals surface area contributed by atoms with Gasteiger partial charge >= 0.3 is 0 Å². The fourth-order valence-corrected chi connectivity index (χ4v) is 4.38. The maximum atomic E-state index is 12.7. The molecule has 3 amide bonds. The van der Waals surface area contributed by atoms with Crippen LogP contribution in [0, 0.1) is 0 Å². The van der Waals surface area contributed by atoms with Crippen LogP contribution in [0.5, 0.6) is 0 Å². The Morgan fingerprint density at radius 1 is 1.13 bits per heavy atom. The molecule has 7 nitrogen and oxygen atoms in total. The summed E-state index contributed by atoms with van der Waals surface area (Å²) in [6, 6.07) is 6.95. The molecule has 0 spiro atoms. The highest BCUT2D eigenvalue weighted by Gasteiger charge is 2.32. The highest BCUT2D eigenvalue weighted by atomic mass is 32.2. The summed E-state index contributed by atoms with van der Waals surface area (Å²) < 4.78 is 0. The zero-order valence-electron chi connectivity index (χ0n) is 18.3. The number of amides is 3. The molecular weight excluding hydrogens is 400 g/mol. The van der Waals surface area contributed by atoms with Crippen LogP contribution in [0.15, 0.2) is 29.3 Å². The summed E-state index contributed by atoms with van der Waals surface area (Å²) in [5.74, 6) is -0.573. The lowest BCUT2D eigenvalue weighted by Crippen LogP contribution is -2.31. The van der Waals surface area contributed by atoms with E-state index in [4.69, 9.17) is 0 Å². The van der Waals surface area contributed by atoms with Crippen LogP contribution in [-0.4, -0.2) is 64.1 Å². The Kier molecular flexibility index (Phi) is 9.36. The minimum atomic E-state index is -0.505. The number of thioether (sulfide) groups is 1. The fourth-order valence-electron chi connectivity index (χ4n) is 3.18. The lowest BCUT2D eigenvalue weighted by atomic mass is 10.1. The fraction of sp³-hybridized carbons (Fsp3) is 0.545. The highest BCUT2D eigenvalue weighted by Crippen LogP contribution is 2.27. The number of carbonyl (C=O) groups excluding carboxylic acids is 3. The Labute approximate surface area is 183 Å². The van der Waals surface area contributed by atoms with Gasteiger partial charge in [0.1, 0.15) is 5.25 Å². The summed E-state index contributed by atoms with van der Waals surface area (Å²) in [7, 11) is 0. The first-order chi connectivity index (χ1) is 14.4. The van der Waals surface area contributed by atoms with Crippen LogP contribution in [0.4, 0.5) is 5.69 Å². The molecule has 0 aliphatic carbocycles. The van der Waals surface area contributed by atoms with Gasteiger partial charge in [-0.3, -0.25) is 14.4 Å². The summed E-state index contributed by atoms with van der Waals surface area (Å²) in [6.07, 6.45) is 2.03. The molecule has 30 heavy (non-hydrogen) atoms. The zero-order valence-corrected chi connectivity index (χ0v) is 19.1. The number of unbranched alkanes of at least 4 members (excludes halogenated alkanes) is 1. The van der Waals surface area contributed by atoms with E-state index in [1.54, 1.807) is 24.3 Å². The molecule has 0 bridgehead atoms. The SMILES string of the molecule is CCCCN(CC)C(=O)c1cccc(NC(=O)CC2SC(N(CC)CC)=NC2=O)c1. The summed E-state index contributed by atoms with van der Waals surface area (Å²) in [5.41, 5.74) is 1.10. The van der Waals surface area contributed by atoms with Gasteiger partial charge in [-0.1, -0.05) is 31.2 Å². The van der Waals surface area contributed by atoms with Gasteiger partial charge < -0.3 is 15.1 Å². The van der Waals surface area contributed by atoms with E-state index in [1.807, 2.05) is 30.6 Å². The largest absolute Gasteiger partial charge is 0.352 e. The van der Waals surface area contributed by atoms with E-state index >= 15 is 0 Å². The molecule has 0 radical (unpaired) electrons. The molecule has 1 aliphatic rings. The summed E-state index contributed by atoms with van der Waals surface area (Å²) >= 11 is 1.34. The lowest BCUT2D eigenvalue weighted by Gasteiger charge is -2.21. The molecule has 1 atom stereocenters. The number of nitrogens with one attached hydrogen (secondary N) is 1. The Morgan fingerprint density at radius 3 is 2.50 bits per heavy atom. The Morgan fingerprint density at radius 2 is 1.87 bits per heavy atom. The van der Waals surface area contributed by atoms with E-state index in [0.717, 1.165) is 32.5 Å². The molecule has 1 aromatic carbocycles. The van der Waals surface area contributed by atoms with Gasteiger partial charge in [0.25, 0.3) is 11.8 Å². The molecule has 8 heteroatoms. The molecule has 0 saturated heterocycles. The summed E-state index contributed by atoms with van der Waals surface area (Å²) in [6.45, 7) is 11.0. The van der Waals surface area contributed by atoms with Gasteiger partial charge in [0.05, 0.1) is 0 Å². The molecule has 0 fully saturated rings. The molecule has 1 heterocycles. The Bertz CT molecular complexity index is 792. The first-order valence-electron chi connectivity index (χ1n) is 10.7. The van der Waals surface area contributed by atoms with Crippen LogP contribution < -0.4 is 5.32 Å². The molecule has 0 saturated carbocycles. The molecular formula is C22H32N4O3S. The maximum absolute atomic E-state index is 12.7. The number of anilines is 1. The summed E-state index contributed by atoms with van der Waals surface area (Å²) in [5, 5.41) is 2.99. The van der Waals surface area contributed by atoms with Crippen LogP contribution in [-0.2, 0) is 9.59 Å². The van der Waals surface area contributed by atoms with Crippen LogP contribution in [0.25, 0.3) is 0 Å². The number of aliphatic imine (C=N–C) groups is 1. The van der Waals surface area contributed by atoms with Crippen molar-refractivity contribution in [1.29, 1.82) is 0 Å². The number of carbonyl (C=O) groups is 3. The predicted octanol–water partition coefficient (Wildman–Crippen LogP) is 3.62. The number of hydrogen-bond donors (Lipinski definition) is 1. The van der Waals surface area contributed by atoms with Crippen molar-refractivity contribution in [3.05, 3.63) is 29.8 Å². The molecule has 164 valence electrons. The van der Waals surface area contributed by atoms with Gasteiger partial charge in [0, 0.05) is 43.9 Å². The van der Waals surface area contributed by atoms with Gasteiger partial charge in [-0.05, 0) is 45.4 Å². The minimum absolute atomic E-state index is 0.0409. The predicted molar refractivity (Wildman–Crippen MR) is 123 cm³/mol. The molecule has 0 aromatic heterocycles. The highest BCUT2D eigenvalue weighted by molar-refractivity contribution is 8.15. The van der Waals surface area contributed by atoms with E-state index in [9.17, 15) is 14.4 Å². The van der Waals surface area contributed by atoms with Gasteiger partial charge in [0.15, 0.2) is 5.17 Å². The Hall–Kier alpha value is -2.35. The summed E-state index contributed by atoms with van der Waals surface area (Å²) in [4.78, 5) is 45.3. The third kappa shape index (κ3) is 6.32. The van der Waals surface area contributed by atoms with Gasteiger partial charge in [0.2, 0.25) is 5.91 Å². The van der Waals surface area contributed by atoms with Gasteiger partial charge in [-0.15, -0.1) is 0 Å². The van der Waals surface area contributed by atoms with Crippen LogP contribution in [0.3, 0.4) is 0 Å². The maximum Gasteiger partial charge on any atom is 0.262 e. The molecule has 1 unspecified atom stereocenters. The van der Waals surface area contributed by atoms with Crippen molar-refractivity contribution in [1.82, 2.24) is 9.80 Å². The second kappa shape index (κ2) is 11.7. The number of amidine groups is 1. The molecule has 1 aromatic rings. The topological polar surface area (TPSA) is 82.1 Å². The number of rotatable bonds is 10. The first-order valence-corrected chi connectivity index (χ1v) is 11.5. The first kappa shape index (κ1) is 23.9. The molecule has 2 rings (SSSR count). The Balaban J connectivity index is 1.97. The third-order valence-corrected chi connectivity index (χ3v) is 6.19. The van der Waals surface area contributed by atoms with Crippen molar-refractivity contribution in [2.75, 3.05) is 31.5 Å². The van der Waals surface area contributed by atoms with Crippen molar-refractivity contribution in [3.8, 4) is 0 Å². The number of benzene rings is 1. The van der Waals surface area contributed by atoms with Crippen LogP contribution in [0.2, 0.25) is 0 Å². The van der Waals surface area contributed by atoms with E-state index in [0.29, 0.717) is 23.0 Å². The third-order valence-electron chi connectivity index (χ3n) is 4.98. The lowest BCUT2D eigenvalue weighted by molar-refractivity contribution is -0.121. The van der Waals surface area contributed by atoms with Crippen molar-refractivity contribution in [3.63, 3.8) is 0 Å². The van der Waals surface area contributed by atoms with E-state index in [1.165, 1.54) is 11.8 Å². The smallest absolute Gasteiger partial charge is 0.262 e. The van der Waals surface area contributed by atoms with Crippen molar-refractivity contribution in [2.45, 2.75) is 52.2 Å².